The minimum absolute atomic E-state index is 0.112. The SMILES string of the molecule is O=[N+]([O-])c1ccc(NC[C@H]2CCCO2)c2nonc12. The first-order chi connectivity index (χ1) is 9.25. The van der Waals surface area contributed by atoms with Crippen molar-refractivity contribution >= 4 is 22.4 Å². The van der Waals surface area contributed by atoms with Crippen molar-refractivity contribution in [3.05, 3.63) is 22.2 Å². The molecule has 0 spiro atoms. The third-order valence-electron chi connectivity index (χ3n) is 3.14. The highest BCUT2D eigenvalue weighted by atomic mass is 16.6. The standard InChI is InChI=1S/C11H12N4O4/c16-15(17)9-4-3-8(10-11(9)14-19-13-10)12-6-7-2-1-5-18-7/h3-4,7,12H,1-2,5-6H2/t7-/m1/s1. The number of benzene rings is 1. The van der Waals surface area contributed by atoms with Gasteiger partial charge in [-0.2, -0.15) is 0 Å². The highest BCUT2D eigenvalue weighted by molar-refractivity contribution is 5.93. The molecule has 0 unspecified atom stereocenters. The molecule has 8 heteroatoms. The molecule has 0 amide bonds. The maximum Gasteiger partial charge on any atom is 0.300 e. The lowest BCUT2D eigenvalue weighted by atomic mass is 10.2. The molecule has 1 saturated heterocycles. The molecular formula is C11H12N4O4. The van der Waals surface area contributed by atoms with Crippen LogP contribution in [0.2, 0.25) is 0 Å². The number of nitro benzene ring substituents is 1. The Kier molecular flexibility index (Phi) is 3.00. The lowest BCUT2D eigenvalue weighted by Crippen LogP contribution is -2.18. The zero-order valence-electron chi connectivity index (χ0n) is 10.0. The number of rotatable bonds is 4. The van der Waals surface area contributed by atoms with Gasteiger partial charge >= 0.3 is 5.69 Å². The number of anilines is 1. The van der Waals surface area contributed by atoms with Crippen molar-refractivity contribution in [2.75, 3.05) is 18.5 Å². The van der Waals surface area contributed by atoms with Crippen LogP contribution in [0, 0.1) is 10.1 Å². The molecule has 19 heavy (non-hydrogen) atoms. The fourth-order valence-corrected chi connectivity index (χ4v) is 2.17. The summed E-state index contributed by atoms with van der Waals surface area (Å²) >= 11 is 0. The first kappa shape index (κ1) is 11.8. The molecule has 1 aliphatic heterocycles. The van der Waals surface area contributed by atoms with E-state index in [1.807, 2.05) is 0 Å². The molecule has 1 N–H and O–H groups in total. The maximum atomic E-state index is 10.8. The summed E-state index contributed by atoms with van der Waals surface area (Å²) in [6.07, 6.45) is 2.25. The fraction of sp³-hybridized carbons (Fsp3) is 0.455. The molecule has 0 saturated carbocycles. The Morgan fingerprint density at radius 1 is 1.42 bits per heavy atom. The van der Waals surface area contributed by atoms with Crippen LogP contribution in [-0.4, -0.2) is 34.5 Å². The van der Waals surface area contributed by atoms with Crippen LogP contribution in [0.4, 0.5) is 11.4 Å². The van der Waals surface area contributed by atoms with Gasteiger partial charge in [0.2, 0.25) is 5.52 Å². The largest absolute Gasteiger partial charge is 0.381 e. The van der Waals surface area contributed by atoms with Crippen LogP contribution >= 0.6 is 0 Å². The Hall–Kier alpha value is -2.22. The molecule has 2 aromatic rings. The summed E-state index contributed by atoms with van der Waals surface area (Å²) in [5.41, 5.74) is 1.07. The molecular weight excluding hydrogens is 252 g/mol. The number of ether oxygens (including phenoxy) is 1. The minimum atomic E-state index is -0.504. The van der Waals surface area contributed by atoms with E-state index >= 15 is 0 Å². The Morgan fingerprint density at radius 2 is 2.26 bits per heavy atom. The lowest BCUT2D eigenvalue weighted by molar-refractivity contribution is -0.383. The quantitative estimate of drug-likeness (QED) is 0.662. The van der Waals surface area contributed by atoms with Gasteiger partial charge in [-0.1, -0.05) is 0 Å². The average molecular weight is 264 g/mol. The Labute approximate surface area is 107 Å². The summed E-state index contributed by atoms with van der Waals surface area (Å²) in [7, 11) is 0. The predicted octanol–water partition coefficient (Wildman–Crippen LogP) is 1.72. The number of non-ortho nitro benzene ring substituents is 1. The first-order valence-corrected chi connectivity index (χ1v) is 6.01. The van der Waals surface area contributed by atoms with Gasteiger partial charge in [0.25, 0.3) is 0 Å². The van der Waals surface area contributed by atoms with E-state index in [-0.39, 0.29) is 17.3 Å². The van der Waals surface area contributed by atoms with E-state index in [1.165, 1.54) is 6.07 Å². The molecule has 2 heterocycles. The third-order valence-corrected chi connectivity index (χ3v) is 3.14. The second kappa shape index (κ2) is 4.81. The summed E-state index contributed by atoms with van der Waals surface area (Å²) in [6.45, 7) is 1.42. The Morgan fingerprint density at radius 3 is 3.00 bits per heavy atom. The van der Waals surface area contributed by atoms with Crippen molar-refractivity contribution in [1.82, 2.24) is 10.3 Å². The minimum Gasteiger partial charge on any atom is -0.381 e. The maximum absolute atomic E-state index is 10.8. The molecule has 100 valence electrons. The Balaban J connectivity index is 1.85. The molecule has 0 aliphatic carbocycles. The molecule has 1 aliphatic rings. The van der Waals surface area contributed by atoms with Gasteiger partial charge in [-0.3, -0.25) is 10.1 Å². The second-order valence-corrected chi connectivity index (χ2v) is 4.37. The normalized spacial score (nSPS) is 18.8. The molecule has 1 atom stereocenters. The first-order valence-electron chi connectivity index (χ1n) is 6.01. The molecule has 1 fully saturated rings. The van der Waals surface area contributed by atoms with Crippen LogP contribution in [0.3, 0.4) is 0 Å². The van der Waals surface area contributed by atoms with E-state index in [0.717, 1.165) is 19.4 Å². The van der Waals surface area contributed by atoms with Gasteiger partial charge in [-0.25, -0.2) is 4.63 Å². The van der Waals surface area contributed by atoms with Crippen molar-refractivity contribution in [1.29, 1.82) is 0 Å². The zero-order valence-corrected chi connectivity index (χ0v) is 10.0. The highest BCUT2D eigenvalue weighted by Crippen LogP contribution is 2.28. The van der Waals surface area contributed by atoms with Gasteiger partial charge in [0.05, 0.1) is 16.7 Å². The van der Waals surface area contributed by atoms with Crippen LogP contribution in [0.15, 0.2) is 16.8 Å². The van der Waals surface area contributed by atoms with E-state index in [2.05, 4.69) is 20.3 Å². The number of hydrogen-bond acceptors (Lipinski definition) is 7. The van der Waals surface area contributed by atoms with E-state index in [4.69, 9.17) is 4.74 Å². The predicted molar refractivity (Wildman–Crippen MR) is 65.9 cm³/mol. The number of nitro groups is 1. The lowest BCUT2D eigenvalue weighted by Gasteiger charge is -2.11. The van der Waals surface area contributed by atoms with Crippen LogP contribution < -0.4 is 5.32 Å². The topological polar surface area (TPSA) is 103 Å². The van der Waals surface area contributed by atoms with Gasteiger partial charge in [0.1, 0.15) is 0 Å². The van der Waals surface area contributed by atoms with Gasteiger partial charge in [0.15, 0.2) is 5.52 Å². The number of hydrogen-bond donors (Lipinski definition) is 1. The third kappa shape index (κ3) is 2.22. The van der Waals surface area contributed by atoms with Crippen molar-refractivity contribution in [3.63, 3.8) is 0 Å². The highest BCUT2D eigenvalue weighted by Gasteiger charge is 2.21. The summed E-state index contributed by atoms with van der Waals surface area (Å²) in [4.78, 5) is 10.3. The average Bonchev–Trinajstić information content (AvgIpc) is 3.06. The molecule has 3 rings (SSSR count). The summed E-state index contributed by atoms with van der Waals surface area (Å²) in [6, 6.07) is 3.00. The molecule has 1 aromatic heterocycles. The summed E-state index contributed by atoms with van der Waals surface area (Å²) < 4.78 is 10.1. The van der Waals surface area contributed by atoms with Gasteiger partial charge < -0.3 is 10.1 Å². The number of nitrogens with one attached hydrogen (secondary N) is 1. The van der Waals surface area contributed by atoms with Crippen LogP contribution in [0.25, 0.3) is 11.0 Å². The van der Waals surface area contributed by atoms with E-state index in [0.29, 0.717) is 17.7 Å². The van der Waals surface area contributed by atoms with Crippen molar-refractivity contribution in [3.8, 4) is 0 Å². The number of fused-ring (bicyclic) bond motifs is 1. The molecule has 1 aromatic carbocycles. The van der Waals surface area contributed by atoms with Gasteiger partial charge in [-0.05, 0) is 29.2 Å². The zero-order chi connectivity index (χ0) is 13.2. The number of nitrogens with zero attached hydrogens (tertiary/aromatic N) is 3. The van der Waals surface area contributed by atoms with Crippen LogP contribution in [0.1, 0.15) is 12.8 Å². The van der Waals surface area contributed by atoms with Crippen molar-refractivity contribution in [2.45, 2.75) is 18.9 Å². The van der Waals surface area contributed by atoms with Gasteiger partial charge in [-0.15, -0.1) is 0 Å². The Bertz CT molecular complexity index is 606. The number of aromatic nitrogens is 2. The smallest absolute Gasteiger partial charge is 0.300 e. The molecule has 0 radical (unpaired) electrons. The van der Waals surface area contributed by atoms with E-state index < -0.39 is 4.92 Å². The van der Waals surface area contributed by atoms with Crippen molar-refractivity contribution in [2.24, 2.45) is 0 Å². The van der Waals surface area contributed by atoms with E-state index in [9.17, 15) is 10.1 Å². The van der Waals surface area contributed by atoms with Crippen LogP contribution in [-0.2, 0) is 4.74 Å². The van der Waals surface area contributed by atoms with E-state index in [1.54, 1.807) is 6.07 Å². The molecule has 8 nitrogen and oxygen atoms in total. The monoisotopic (exact) mass is 264 g/mol. The van der Waals surface area contributed by atoms with Crippen LogP contribution in [0.5, 0.6) is 0 Å². The second-order valence-electron chi connectivity index (χ2n) is 4.37. The summed E-state index contributed by atoms with van der Waals surface area (Å²) in [5.74, 6) is 0. The van der Waals surface area contributed by atoms with Gasteiger partial charge in [0, 0.05) is 19.2 Å². The van der Waals surface area contributed by atoms with Crippen molar-refractivity contribution < 1.29 is 14.3 Å². The molecule has 0 bridgehead atoms. The summed E-state index contributed by atoms with van der Waals surface area (Å²) in [5, 5.41) is 21.3. The fourth-order valence-electron chi connectivity index (χ4n) is 2.17.